The van der Waals surface area contributed by atoms with Crippen molar-refractivity contribution in [3.63, 3.8) is 0 Å². The molecule has 0 heterocycles. The van der Waals surface area contributed by atoms with E-state index >= 15 is 0 Å². The van der Waals surface area contributed by atoms with Gasteiger partial charge in [0.05, 0.1) is 0 Å². The third-order valence-corrected chi connectivity index (χ3v) is 2.94. The third-order valence-electron chi connectivity index (χ3n) is 2.94. The maximum absolute atomic E-state index is 5.97. The Morgan fingerprint density at radius 1 is 1.00 bits per heavy atom. The summed E-state index contributed by atoms with van der Waals surface area (Å²) in [6.07, 6.45) is 2.78. The maximum Gasteiger partial charge on any atom is 0.0320 e. The van der Waals surface area contributed by atoms with E-state index in [1.165, 1.54) is 16.7 Å². The molecule has 2 heteroatoms. The molecule has 0 atom stereocenters. The predicted octanol–water partition coefficient (Wildman–Crippen LogP) is 3.14. The van der Waals surface area contributed by atoms with Crippen LogP contribution in [0.4, 0.5) is 5.69 Å². The van der Waals surface area contributed by atoms with Gasteiger partial charge in [0.2, 0.25) is 0 Å². The van der Waals surface area contributed by atoms with Crippen molar-refractivity contribution in [2.45, 2.75) is 13.0 Å². The van der Waals surface area contributed by atoms with Crippen LogP contribution in [0.5, 0.6) is 0 Å². The highest BCUT2D eigenvalue weighted by Gasteiger charge is 2.00. The molecule has 0 amide bonds. The summed E-state index contributed by atoms with van der Waals surface area (Å²) in [5.74, 6) is 0. The van der Waals surface area contributed by atoms with Gasteiger partial charge < -0.3 is 11.1 Å². The topological polar surface area (TPSA) is 38.0 Å². The molecule has 19 heavy (non-hydrogen) atoms. The smallest absolute Gasteiger partial charge is 0.0320 e. The maximum atomic E-state index is 5.97. The summed E-state index contributed by atoms with van der Waals surface area (Å²) in [6.45, 7) is 5.32. The van der Waals surface area contributed by atoms with Crippen LogP contribution in [0.3, 0.4) is 0 Å². The van der Waals surface area contributed by atoms with E-state index in [2.05, 4.69) is 42.2 Å². The molecule has 0 aliphatic rings. The molecule has 2 nitrogen and oxygen atoms in total. The van der Waals surface area contributed by atoms with E-state index in [0.29, 0.717) is 0 Å². The summed E-state index contributed by atoms with van der Waals surface area (Å²) in [5.41, 5.74) is 10.6. The van der Waals surface area contributed by atoms with Crippen LogP contribution in [-0.4, -0.2) is 6.54 Å². The first-order valence-corrected chi connectivity index (χ1v) is 6.52. The second-order valence-electron chi connectivity index (χ2n) is 4.66. The standard InChI is InChI=1S/C17H20N2/c1-2-8-19-13-16-10-15(11-17(18)12-16)9-14-6-4-3-5-7-14/h2-7,10-12,19H,1,8-9,13,18H2. The number of benzene rings is 2. The largest absolute Gasteiger partial charge is 0.399 e. The van der Waals surface area contributed by atoms with Gasteiger partial charge in [-0.25, -0.2) is 0 Å². The molecular weight excluding hydrogens is 232 g/mol. The van der Waals surface area contributed by atoms with E-state index in [4.69, 9.17) is 5.73 Å². The Balaban J connectivity index is 2.10. The summed E-state index contributed by atoms with van der Waals surface area (Å²) in [5, 5.41) is 3.30. The molecule has 2 aromatic carbocycles. The lowest BCUT2D eigenvalue weighted by Gasteiger charge is -2.08. The second-order valence-corrected chi connectivity index (χ2v) is 4.66. The fraction of sp³-hybridized carbons (Fsp3) is 0.176. The Morgan fingerprint density at radius 3 is 2.47 bits per heavy atom. The Labute approximate surface area is 115 Å². The minimum absolute atomic E-state index is 0.808. The number of nitrogens with one attached hydrogen (secondary N) is 1. The van der Waals surface area contributed by atoms with Gasteiger partial charge in [-0.3, -0.25) is 0 Å². The molecular formula is C17H20N2. The van der Waals surface area contributed by atoms with E-state index in [1.807, 2.05) is 24.3 Å². The van der Waals surface area contributed by atoms with Crippen molar-refractivity contribution in [1.82, 2.24) is 5.32 Å². The molecule has 0 saturated carbocycles. The van der Waals surface area contributed by atoms with Gasteiger partial charge in [0.1, 0.15) is 0 Å². The Hall–Kier alpha value is -2.06. The number of nitrogens with two attached hydrogens (primary N) is 1. The van der Waals surface area contributed by atoms with E-state index in [0.717, 1.165) is 25.2 Å². The van der Waals surface area contributed by atoms with Crippen LogP contribution in [0, 0.1) is 0 Å². The monoisotopic (exact) mass is 252 g/mol. The van der Waals surface area contributed by atoms with Crippen molar-refractivity contribution in [1.29, 1.82) is 0 Å². The molecule has 0 fully saturated rings. The molecule has 2 rings (SSSR count). The van der Waals surface area contributed by atoms with Crippen LogP contribution in [0.25, 0.3) is 0 Å². The van der Waals surface area contributed by atoms with Gasteiger partial charge in [-0.05, 0) is 35.2 Å². The number of rotatable bonds is 6. The first-order chi connectivity index (χ1) is 9.28. The summed E-state index contributed by atoms with van der Waals surface area (Å²) in [6, 6.07) is 16.7. The van der Waals surface area contributed by atoms with Gasteiger partial charge in [0.15, 0.2) is 0 Å². The molecule has 0 radical (unpaired) electrons. The summed E-state index contributed by atoms with van der Waals surface area (Å²) >= 11 is 0. The fourth-order valence-electron chi connectivity index (χ4n) is 2.15. The zero-order valence-corrected chi connectivity index (χ0v) is 11.1. The van der Waals surface area contributed by atoms with Crippen molar-refractivity contribution in [3.05, 3.63) is 77.9 Å². The van der Waals surface area contributed by atoms with Crippen LogP contribution in [-0.2, 0) is 13.0 Å². The summed E-state index contributed by atoms with van der Waals surface area (Å²) in [4.78, 5) is 0. The van der Waals surface area contributed by atoms with Gasteiger partial charge in [-0.1, -0.05) is 42.5 Å². The van der Waals surface area contributed by atoms with Crippen LogP contribution in [0.15, 0.2) is 61.2 Å². The minimum atomic E-state index is 0.808. The van der Waals surface area contributed by atoms with Crippen molar-refractivity contribution >= 4 is 5.69 Å². The molecule has 0 saturated heterocycles. The lowest BCUT2D eigenvalue weighted by Crippen LogP contribution is -2.13. The number of hydrogen-bond donors (Lipinski definition) is 2. The summed E-state index contributed by atoms with van der Waals surface area (Å²) < 4.78 is 0. The Bertz CT molecular complexity index is 532. The van der Waals surface area contributed by atoms with Crippen LogP contribution in [0.2, 0.25) is 0 Å². The molecule has 0 aromatic heterocycles. The third kappa shape index (κ3) is 4.27. The quantitative estimate of drug-likeness (QED) is 0.471. The first-order valence-electron chi connectivity index (χ1n) is 6.52. The fourth-order valence-corrected chi connectivity index (χ4v) is 2.15. The molecule has 0 unspecified atom stereocenters. The Kier molecular flexibility index (Phi) is 4.76. The highest BCUT2D eigenvalue weighted by atomic mass is 14.8. The lowest BCUT2D eigenvalue weighted by molar-refractivity contribution is 0.760. The predicted molar refractivity (Wildman–Crippen MR) is 82.0 cm³/mol. The van der Waals surface area contributed by atoms with Crippen molar-refractivity contribution in [3.8, 4) is 0 Å². The van der Waals surface area contributed by atoms with E-state index in [9.17, 15) is 0 Å². The molecule has 3 N–H and O–H groups in total. The normalized spacial score (nSPS) is 10.3. The number of hydrogen-bond acceptors (Lipinski definition) is 2. The molecule has 98 valence electrons. The second kappa shape index (κ2) is 6.76. The molecule has 0 bridgehead atoms. The summed E-state index contributed by atoms with van der Waals surface area (Å²) in [7, 11) is 0. The van der Waals surface area contributed by atoms with Crippen LogP contribution < -0.4 is 11.1 Å². The van der Waals surface area contributed by atoms with Gasteiger partial charge in [-0.15, -0.1) is 6.58 Å². The van der Waals surface area contributed by atoms with Crippen molar-refractivity contribution in [2.24, 2.45) is 0 Å². The Morgan fingerprint density at radius 2 is 1.74 bits per heavy atom. The zero-order valence-electron chi connectivity index (χ0n) is 11.1. The average Bonchev–Trinajstić information content (AvgIpc) is 2.39. The zero-order chi connectivity index (χ0) is 13.5. The highest BCUT2D eigenvalue weighted by molar-refractivity contribution is 5.46. The average molecular weight is 252 g/mol. The molecule has 0 aliphatic carbocycles. The molecule has 0 spiro atoms. The van der Waals surface area contributed by atoms with Gasteiger partial charge in [-0.2, -0.15) is 0 Å². The van der Waals surface area contributed by atoms with Crippen molar-refractivity contribution in [2.75, 3.05) is 12.3 Å². The minimum Gasteiger partial charge on any atom is -0.399 e. The van der Waals surface area contributed by atoms with Gasteiger partial charge in [0.25, 0.3) is 0 Å². The molecule has 0 aliphatic heterocycles. The van der Waals surface area contributed by atoms with E-state index in [-0.39, 0.29) is 0 Å². The SMILES string of the molecule is C=CCNCc1cc(N)cc(Cc2ccccc2)c1. The van der Waals surface area contributed by atoms with Crippen molar-refractivity contribution < 1.29 is 0 Å². The number of anilines is 1. The first kappa shape index (κ1) is 13.4. The number of nitrogen functional groups attached to an aromatic ring is 1. The van der Waals surface area contributed by atoms with Crippen LogP contribution in [0.1, 0.15) is 16.7 Å². The van der Waals surface area contributed by atoms with Crippen LogP contribution >= 0.6 is 0 Å². The molecule has 2 aromatic rings. The lowest BCUT2D eigenvalue weighted by atomic mass is 10.0. The van der Waals surface area contributed by atoms with Gasteiger partial charge >= 0.3 is 0 Å². The van der Waals surface area contributed by atoms with E-state index < -0.39 is 0 Å². The van der Waals surface area contributed by atoms with Gasteiger partial charge in [0, 0.05) is 18.8 Å². The highest BCUT2D eigenvalue weighted by Crippen LogP contribution is 2.16. The van der Waals surface area contributed by atoms with E-state index in [1.54, 1.807) is 0 Å².